The van der Waals surface area contributed by atoms with Crippen molar-refractivity contribution >= 4 is 0 Å². The molecule has 1 saturated heterocycles. The van der Waals surface area contributed by atoms with Gasteiger partial charge in [-0.2, -0.15) is 0 Å². The topological polar surface area (TPSA) is 15.3 Å². The fraction of sp³-hybridized carbons (Fsp3) is 1.00. The van der Waals surface area contributed by atoms with Crippen LogP contribution in [-0.4, -0.2) is 37.1 Å². The molecule has 1 aliphatic heterocycles. The summed E-state index contributed by atoms with van der Waals surface area (Å²) in [7, 11) is 0. The second kappa shape index (κ2) is 3.94. The Hall–Kier alpha value is -0.0800. The Bertz CT molecular complexity index is 91.3. The van der Waals surface area contributed by atoms with Crippen molar-refractivity contribution in [3.8, 4) is 0 Å². The third kappa shape index (κ3) is 1.96. The van der Waals surface area contributed by atoms with Crippen molar-refractivity contribution in [3.05, 3.63) is 0 Å². The molecule has 1 fully saturated rings. The number of piperazine rings is 1. The molecular weight excluding hydrogens is 124 g/mol. The zero-order valence-electron chi connectivity index (χ0n) is 7.06. The highest BCUT2D eigenvalue weighted by Gasteiger charge is 2.15. The van der Waals surface area contributed by atoms with Gasteiger partial charge in [-0.05, 0) is 19.9 Å². The molecule has 1 rings (SSSR count). The van der Waals surface area contributed by atoms with Crippen LogP contribution in [-0.2, 0) is 0 Å². The fourth-order valence-corrected chi connectivity index (χ4v) is 1.50. The van der Waals surface area contributed by atoms with Crippen molar-refractivity contribution in [2.75, 3.05) is 26.2 Å². The van der Waals surface area contributed by atoms with E-state index in [4.69, 9.17) is 0 Å². The summed E-state index contributed by atoms with van der Waals surface area (Å²) < 4.78 is 0. The van der Waals surface area contributed by atoms with Gasteiger partial charge in [-0.3, -0.25) is 4.90 Å². The van der Waals surface area contributed by atoms with E-state index >= 15 is 0 Å². The first kappa shape index (κ1) is 8.02. The normalized spacial score (nSPS) is 28.8. The summed E-state index contributed by atoms with van der Waals surface area (Å²) >= 11 is 0. The van der Waals surface area contributed by atoms with Crippen LogP contribution >= 0.6 is 0 Å². The van der Waals surface area contributed by atoms with E-state index in [0.717, 1.165) is 6.04 Å². The first-order valence-corrected chi connectivity index (χ1v) is 4.29. The molecule has 60 valence electrons. The SMILES string of the molecule is CCCN1CCNC[C@H]1C. The molecule has 0 aliphatic carbocycles. The maximum Gasteiger partial charge on any atom is 0.0192 e. The molecule has 0 aromatic carbocycles. The summed E-state index contributed by atoms with van der Waals surface area (Å²) in [5.41, 5.74) is 0. The Kier molecular flexibility index (Phi) is 3.16. The third-order valence-electron chi connectivity index (χ3n) is 2.15. The monoisotopic (exact) mass is 142 g/mol. The second-order valence-electron chi connectivity index (χ2n) is 3.09. The zero-order chi connectivity index (χ0) is 7.40. The summed E-state index contributed by atoms with van der Waals surface area (Å²) in [6.07, 6.45) is 1.28. The summed E-state index contributed by atoms with van der Waals surface area (Å²) in [6, 6.07) is 0.744. The quantitative estimate of drug-likeness (QED) is 0.610. The minimum atomic E-state index is 0.744. The van der Waals surface area contributed by atoms with Gasteiger partial charge in [-0.15, -0.1) is 0 Å². The maximum absolute atomic E-state index is 3.38. The average molecular weight is 142 g/mol. The van der Waals surface area contributed by atoms with Crippen LogP contribution in [0.25, 0.3) is 0 Å². The molecule has 1 atom stereocenters. The molecular formula is C8H18N2. The minimum absolute atomic E-state index is 0.744. The standard InChI is InChI=1S/C8H18N2/c1-3-5-10-6-4-9-7-8(10)2/h8-9H,3-7H2,1-2H3/t8-/m1/s1. The van der Waals surface area contributed by atoms with Crippen LogP contribution in [0.2, 0.25) is 0 Å². The predicted molar refractivity (Wildman–Crippen MR) is 44.2 cm³/mol. The molecule has 0 radical (unpaired) electrons. The van der Waals surface area contributed by atoms with E-state index < -0.39 is 0 Å². The van der Waals surface area contributed by atoms with Crippen LogP contribution in [0.5, 0.6) is 0 Å². The van der Waals surface area contributed by atoms with Gasteiger partial charge in [0.25, 0.3) is 0 Å². The largest absolute Gasteiger partial charge is 0.314 e. The van der Waals surface area contributed by atoms with Gasteiger partial charge in [-0.1, -0.05) is 6.92 Å². The molecule has 0 aromatic rings. The van der Waals surface area contributed by atoms with Gasteiger partial charge in [0.15, 0.2) is 0 Å². The van der Waals surface area contributed by atoms with Crippen molar-refractivity contribution < 1.29 is 0 Å². The number of nitrogens with one attached hydrogen (secondary N) is 1. The maximum atomic E-state index is 3.38. The van der Waals surface area contributed by atoms with Crippen molar-refractivity contribution in [1.82, 2.24) is 10.2 Å². The highest BCUT2D eigenvalue weighted by atomic mass is 15.2. The van der Waals surface area contributed by atoms with Crippen LogP contribution in [0.3, 0.4) is 0 Å². The van der Waals surface area contributed by atoms with Gasteiger partial charge in [0.1, 0.15) is 0 Å². The van der Waals surface area contributed by atoms with Crippen molar-refractivity contribution in [2.24, 2.45) is 0 Å². The van der Waals surface area contributed by atoms with Gasteiger partial charge in [0.2, 0.25) is 0 Å². The van der Waals surface area contributed by atoms with Gasteiger partial charge in [0, 0.05) is 25.7 Å². The summed E-state index contributed by atoms with van der Waals surface area (Å²) in [5.74, 6) is 0. The van der Waals surface area contributed by atoms with Crippen LogP contribution in [0.1, 0.15) is 20.3 Å². The Labute approximate surface area is 63.6 Å². The van der Waals surface area contributed by atoms with Gasteiger partial charge in [-0.25, -0.2) is 0 Å². The van der Waals surface area contributed by atoms with E-state index in [1.165, 1.54) is 32.6 Å². The highest BCUT2D eigenvalue weighted by molar-refractivity contribution is 4.74. The van der Waals surface area contributed by atoms with E-state index in [0.29, 0.717) is 0 Å². The first-order chi connectivity index (χ1) is 4.84. The number of nitrogens with zero attached hydrogens (tertiary/aromatic N) is 1. The molecule has 1 heterocycles. The molecule has 0 spiro atoms. The molecule has 1 aliphatic rings. The molecule has 1 N–H and O–H groups in total. The lowest BCUT2D eigenvalue weighted by Gasteiger charge is -2.33. The van der Waals surface area contributed by atoms with Crippen LogP contribution in [0, 0.1) is 0 Å². The average Bonchev–Trinajstić information content (AvgIpc) is 1.94. The summed E-state index contributed by atoms with van der Waals surface area (Å²) in [4.78, 5) is 2.55. The second-order valence-corrected chi connectivity index (χ2v) is 3.09. The Morgan fingerprint density at radius 3 is 3.00 bits per heavy atom. The van der Waals surface area contributed by atoms with E-state index in [2.05, 4.69) is 24.1 Å². The lowest BCUT2D eigenvalue weighted by atomic mass is 10.2. The predicted octanol–water partition coefficient (Wildman–Crippen LogP) is 0.690. The zero-order valence-corrected chi connectivity index (χ0v) is 7.06. The number of hydrogen-bond donors (Lipinski definition) is 1. The van der Waals surface area contributed by atoms with Crippen LogP contribution in [0.4, 0.5) is 0 Å². The number of rotatable bonds is 2. The smallest absolute Gasteiger partial charge is 0.0192 e. The molecule has 2 heteroatoms. The van der Waals surface area contributed by atoms with Crippen molar-refractivity contribution in [1.29, 1.82) is 0 Å². The van der Waals surface area contributed by atoms with Gasteiger partial charge in [0.05, 0.1) is 0 Å². The first-order valence-electron chi connectivity index (χ1n) is 4.29. The van der Waals surface area contributed by atoms with Crippen molar-refractivity contribution in [2.45, 2.75) is 26.3 Å². The van der Waals surface area contributed by atoms with E-state index in [1.54, 1.807) is 0 Å². The minimum Gasteiger partial charge on any atom is -0.314 e. The summed E-state index contributed by atoms with van der Waals surface area (Å²) in [5, 5.41) is 3.38. The van der Waals surface area contributed by atoms with Gasteiger partial charge < -0.3 is 5.32 Å². The Balaban J connectivity index is 2.25. The van der Waals surface area contributed by atoms with E-state index in [9.17, 15) is 0 Å². The molecule has 10 heavy (non-hydrogen) atoms. The molecule has 0 amide bonds. The van der Waals surface area contributed by atoms with E-state index in [1.807, 2.05) is 0 Å². The number of hydrogen-bond acceptors (Lipinski definition) is 2. The molecule has 0 unspecified atom stereocenters. The molecule has 0 saturated carbocycles. The Morgan fingerprint density at radius 1 is 1.60 bits per heavy atom. The highest BCUT2D eigenvalue weighted by Crippen LogP contribution is 2.01. The summed E-state index contributed by atoms with van der Waals surface area (Å²) in [6.45, 7) is 9.37. The lowest BCUT2D eigenvalue weighted by Crippen LogP contribution is -2.49. The third-order valence-corrected chi connectivity index (χ3v) is 2.15. The molecule has 0 aromatic heterocycles. The fourth-order valence-electron chi connectivity index (χ4n) is 1.50. The van der Waals surface area contributed by atoms with Crippen LogP contribution < -0.4 is 5.32 Å². The van der Waals surface area contributed by atoms with Crippen LogP contribution in [0.15, 0.2) is 0 Å². The van der Waals surface area contributed by atoms with Gasteiger partial charge >= 0.3 is 0 Å². The van der Waals surface area contributed by atoms with E-state index in [-0.39, 0.29) is 0 Å². The molecule has 0 bridgehead atoms. The Morgan fingerprint density at radius 2 is 2.40 bits per heavy atom. The van der Waals surface area contributed by atoms with Crippen molar-refractivity contribution in [3.63, 3.8) is 0 Å². The molecule has 2 nitrogen and oxygen atoms in total. The lowest BCUT2D eigenvalue weighted by molar-refractivity contribution is 0.174.